The predicted molar refractivity (Wildman–Crippen MR) is 102 cm³/mol. The van der Waals surface area contributed by atoms with Gasteiger partial charge in [-0.05, 0) is 48.2 Å². The number of hydrogen-bond donors (Lipinski definition) is 1. The van der Waals surface area contributed by atoms with Crippen LogP contribution in [0, 0.1) is 0 Å². The van der Waals surface area contributed by atoms with Gasteiger partial charge in [-0.15, -0.1) is 0 Å². The van der Waals surface area contributed by atoms with Crippen molar-refractivity contribution in [1.82, 2.24) is 15.2 Å². The van der Waals surface area contributed by atoms with Gasteiger partial charge < -0.3 is 9.80 Å². The van der Waals surface area contributed by atoms with Crippen molar-refractivity contribution < 1.29 is 19.2 Å². The fraction of sp³-hybridized carbons (Fsp3) is 0.286. The maximum Gasteiger partial charge on any atom is 0.258 e. The zero-order valence-corrected chi connectivity index (χ0v) is 15.6. The molecule has 0 bridgehead atoms. The number of nitrogens with one attached hydrogen (secondary N) is 1. The molecular weight excluding hydrogens is 372 g/mol. The summed E-state index contributed by atoms with van der Waals surface area (Å²) in [5, 5.41) is 2.29. The lowest BCUT2D eigenvalue weighted by atomic mass is 10.0. The molecule has 3 aliphatic heterocycles. The summed E-state index contributed by atoms with van der Waals surface area (Å²) >= 11 is 0. The van der Waals surface area contributed by atoms with E-state index in [2.05, 4.69) is 10.3 Å². The van der Waals surface area contributed by atoms with Crippen LogP contribution in [0.5, 0.6) is 0 Å². The topological polar surface area (TPSA) is 99.7 Å². The highest BCUT2D eigenvalue weighted by atomic mass is 16.2. The summed E-state index contributed by atoms with van der Waals surface area (Å²) < 4.78 is 0. The first kappa shape index (κ1) is 17.5. The molecule has 0 radical (unpaired) electrons. The molecule has 1 aromatic carbocycles. The van der Waals surface area contributed by atoms with E-state index in [1.807, 2.05) is 6.07 Å². The molecule has 3 aliphatic rings. The monoisotopic (exact) mass is 390 g/mol. The van der Waals surface area contributed by atoms with Gasteiger partial charge in [-0.25, -0.2) is 0 Å². The average molecular weight is 390 g/mol. The molecule has 146 valence electrons. The fourth-order valence-electron chi connectivity index (χ4n) is 4.30. The van der Waals surface area contributed by atoms with Crippen molar-refractivity contribution in [3.63, 3.8) is 0 Å². The molecule has 5 rings (SSSR count). The Hall–Kier alpha value is -3.55. The Morgan fingerprint density at radius 2 is 1.97 bits per heavy atom. The van der Waals surface area contributed by atoms with Crippen molar-refractivity contribution in [2.75, 3.05) is 11.4 Å². The normalized spacial score (nSPS) is 20.6. The highest BCUT2D eigenvalue weighted by Crippen LogP contribution is 2.31. The van der Waals surface area contributed by atoms with E-state index in [0.717, 1.165) is 23.2 Å². The summed E-state index contributed by atoms with van der Waals surface area (Å²) in [6.07, 6.45) is 4.73. The molecule has 0 spiro atoms. The number of anilines is 1. The van der Waals surface area contributed by atoms with E-state index in [0.29, 0.717) is 24.1 Å². The van der Waals surface area contributed by atoms with Gasteiger partial charge in [0.25, 0.3) is 11.8 Å². The zero-order chi connectivity index (χ0) is 20.1. The van der Waals surface area contributed by atoms with Crippen molar-refractivity contribution in [3.8, 4) is 0 Å². The molecule has 4 heterocycles. The van der Waals surface area contributed by atoms with Gasteiger partial charge in [0.2, 0.25) is 11.8 Å². The number of fused-ring (bicyclic) bond motifs is 2. The van der Waals surface area contributed by atoms with Crippen molar-refractivity contribution in [3.05, 3.63) is 58.9 Å². The lowest BCUT2D eigenvalue weighted by molar-refractivity contribution is -0.136. The van der Waals surface area contributed by atoms with Gasteiger partial charge in [0, 0.05) is 36.8 Å². The second-order valence-electron chi connectivity index (χ2n) is 7.48. The van der Waals surface area contributed by atoms with Crippen LogP contribution in [0.4, 0.5) is 5.69 Å². The number of carbonyl (C=O) groups is 4. The van der Waals surface area contributed by atoms with Crippen LogP contribution < -0.4 is 10.2 Å². The van der Waals surface area contributed by atoms with Gasteiger partial charge in [0.15, 0.2) is 0 Å². The Bertz CT molecular complexity index is 1080. The van der Waals surface area contributed by atoms with E-state index in [9.17, 15) is 19.2 Å². The number of imide groups is 1. The lowest BCUT2D eigenvalue weighted by Crippen LogP contribution is -2.52. The molecule has 1 saturated heterocycles. The molecule has 1 unspecified atom stereocenters. The summed E-state index contributed by atoms with van der Waals surface area (Å²) in [4.78, 5) is 56.7. The number of benzene rings is 1. The first-order valence-electron chi connectivity index (χ1n) is 9.55. The molecular formula is C21H18N4O4. The van der Waals surface area contributed by atoms with E-state index >= 15 is 0 Å². The first-order chi connectivity index (χ1) is 14.0. The summed E-state index contributed by atoms with van der Waals surface area (Å²) in [5.74, 6) is -1.14. The summed E-state index contributed by atoms with van der Waals surface area (Å²) in [6.45, 7) is 0.845. The van der Waals surface area contributed by atoms with Gasteiger partial charge in [-0.1, -0.05) is 0 Å². The fourth-order valence-corrected chi connectivity index (χ4v) is 4.30. The molecule has 1 aromatic heterocycles. The van der Waals surface area contributed by atoms with Crippen molar-refractivity contribution in [2.24, 2.45) is 0 Å². The van der Waals surface area contributed by atoms with Crippen molar-refractivity contribution in [2.45, 2.75) is 31.8 Å². The highest BCUT2D eigenvalue weighted by Gasteiger charge is 2.39. The molecule has 2 aromatic rings. The molecule has 0 saturated carbocycles. The number of rotatable bonds is 2. The number of piperidine rings is 1. The standard InChI is InChI=1S/C21H18N4O4/c26-18-4-3-16(19(27)23-18)25-11-14-9-13(1-2-15(14)21(25)29)20(28)24-8-6-12-5-7-22-10-17(12)24/h1-2,5,7,9-10,16H,3-4,6,8,11H2,(H,23,26,27). The van der Waals surface area contributed by atoms with Gasteiger partial charge in [-0.2, -0.15) is 0 Å². The minimum absolute atomic E-state index is 0.133. The Kier molecular flexibility index (Phi) is 3.94. The van der Waals surface area contributed by atoms with Crippen LogP contribution >= 0.6 is 0 Å². The maximum atomic E-state index is 13.1. The van der Waals surface area contributed by atoms with E-state index in [4.69, 9.17) is 0 Å². The number of pyridine rings is 1. The Labute approximate surface area is 166 Å². The minimum Gasteiger partial charge on any atom is -0.322 e. The molecule has 1 N–H and O–H groups in total. The van der Waals surface area contributed by atoms with Crippen LogP contribution in [0.3, 0.4) is 0 Å². The summed E-state index contributed by atoms with van der Waals surface area (Å²) in [5.41, 5.74) is 3.62. The van der Waals surface area contributed by atoms with Gasteiger partial charge in [0.05, 0.1) is 11.9 Å². The van der Waals surface area contributed by atoms with Crippen LogP contribution in [0.15, 0.2) is 36.7 Å². The summed E-state index contributed by atoms with van der Waals surface area (Å²) in [6, 6.07) is 6.29. The first-order valence-corrected chi connectivity index (χ1v) is 9.55. The van der Waals surface area contributed by atoms with E-state index in [-0.39, 0.29) is 30.7 Å². The number of hydrogen-bond acceptors (Lipinski definition) is 5. The highest BCUT2D eigenvalue weighted by molar-refractivity contribution is 6.09. The second-order valence-corrected chi connectivity index (χ2v) is 7.48. The molecule has 29 heavy (non-hydrogen) atoms. The lowest BCUT2D eigenvalue weighted by Gasteiger charge is -2.29. The predicted octanol–water partition coefficient (Wildman–Crippen LogP) is 1.05. The third kappa shape index (κ3) is 2.79. The van der Waals surface area contributed by atoms with Gasteiger partial charge in [-0.3, -0.25) is 29.5 Å². The van der Waals surface area contributed by atoms with E-state index in [1.165, 1.54) is 4.90 Å². The average Bonchev–Trinajstić information content (AvgIpc) is 3.29. The van der Waals surface area contributed by atoms with Crippen LogP contribution in [0.1, 0.15) is 44.7 Å². The second kappa shape index (κ2) is 6.51. The van der Waals surface area contributed by atoms with Crippen LogP contribution in [0.2, 0.25) is 0 Å². The Morgan fingerprint density at radius 1 is 1.10 bits per heavy atom. The third-order valence-electron chi connectivity index (χ3n) is 5.80. The molecule has 8 nitrogen and oxygen atoms in total. The Morgan fingerprint density at radius 3 is 2.79 bits per heavy atom. The van der Waals surface area contributed by atoms with Gasteiger partial charge in [0.1, 0.15) is 6.04 Å². The van der Waals surface area contributed by atoms with Crippen LogP contribution in [-0.2, 0) is 22.6 Å². The third-order valence-corrected chi connectivity index (χ3v) is 5.80. The van der Waals surface area contributed by atoms with Crippen LogP contribution in [0.25, 0.3) is 0 Å². The van der Waals surface area contributed by atoms with Crippen LogP contribution in [-0.4, -0.2) is 46.1 Å². The zero-order valence-electron chi connectivity index (χ0n) is 15.6. The molecule has 1 atom stereocenters. The quantitative estimate of drug-likeness (QED) is 0.773. The molecule has 4 amide bonds. The maximum absolute atomic E-state index is 13.1. The number of aromatic nitrogens is 1. The SMILES string of the molecule is O=C1CCC(N2Cc3cc(C(=O)N4CCc5ccncc54)ccc3C2=O)C(=O)N1. The van der Waals surface area contributed by atoms with E-state index < -0.39 is 11.9 Å². The van der Waals surface area contributed by atoms with Crippen molar-refractivity contribution >= 4 is 29.3 Å². The van der Waals surface area contributed by atoms with E-state index in [1.54, 1.807) is 35.5 Å². The minimum atomic E-state index is -0.664. The van der Waals surface area contributed by atoms with Gasteiger partial charge >= 0.3 is 0 Å². The van der Waals surface area contributed by atoms with Crippen molar-refractivity contribution in [1.29, 1.82) is 0 Å². The number of nitrogens with zero attached hydrogens (tertiary/aromatic N) is 3. The smallest absolute Gasteiger partial charge is 0.258 e. The largest absolute Gasteiger partial charge is 0.322 e. The Balaban J connectivity index is 1.40. The summed E-state index contributed by atoms with van der Waals surface area (Å²) in [7, 11) is 0. The number of carbonyl (C=O) groups excluding carboxylic acids is 4. The number of amides is 4. The molecule has 1 fully saturated rings. The molecule has 8 heteroatoms. The molecule has 0 aliphatic carbocycles.